The number of morpholine rings is 1. The van der Waals surface area contributed by atoms with E-state index in [1.165, 1.54) is 5.56 Å². The van der Waals surface area contributed by atoms with Crippen molar-refractivity contribution in [1.29, 1.82) is 0 Å². The Hall–Kier alpha value is -1.08. The number of hydrogen-bond acceptors (Lipinski definition) is 5. The molecule has 1 amide bonds. The van der Waals surface area contributed by atoms with E-state index in [9.17, 15) is 4.79 Å². The van der Waals surface area contributed by atoms with E-state index in [4.69, 9.17) is 4.74 Å². The fraction of sp³-hybridized carbons (Fsp3) is 0.611. The third-order valence-electron chi connectivity index (χ3n) is 4.59. The van der Waals surface area contributed by atoms with Crippen molar-refractivity contribution in [3.05, 3.63) is 35.9 Å². The number of carbonyl (C=O) groups is 1. The maximum atomic E-state index is 12.3. The summed E-state index contributed by atoms with van der Waals surface area (Å²) in [4.78, 5) is 14.7. The Morgan fingerprint density at radius 3 is 2.83 bits per heavy atom. The van der Waals surface area contributed by atoms with Gasteiger partial charge in [0.1, 0.15) is 0 Å². The van der Waals surface area contributed by atoms with Crippen LogP contribution in [-0.2, 0) is 9.53 Å². The van der Waals surface area contributed by atoms with Crippen LogP contribution < -0.4 is 10.6 Å². The maximum absolute atomic E-state index is 12.3. The van der Waals surface area contributed by atoms with Gasteiger partial charge in [0.2, 0.25) is 5.91 Å². The predicted molar refractivity (Wildman–Crippen MR) is 98.3 cm³/mol. The summed E-state index contributed by atoms with van der Waals surface area (Å²) >= 11 is 1.92. The van der Waals surface area contributed by atoms with E-state index in [0.29, 0.717) is 19.0 Å². The molecular formula is C18H27N3O2S. The Morgan fingerprint density at radius 2 is 2.12 bits per heavy atom. The van der Waals surface area contributed by atoms with E-state index in [1.54, 1.807) is 0 Å². The summed E-state index contributed by atoms with van der Waals surface area (Å²) in [6.45, 7) is 5.01. The van der Waals surface area contributed by atoms with Crippen LogP contribution in [0.25, 0.3) is 0 Å². The summed E-state index contributed by atoms with van der Waals surface area (Å²) < 4.78 is 5.47. The minimum Gasteiger partial charge on any atom is -0.379 e. The van der Waals surface area contributed by atoms with Crippen molar-refractivity contribution in [2.24, 2.45) is 0 Å². The van der Waals surface area contributed by atoms with Crippen molar-refractivity contribution >= 4 is 17.7 Å². The van der Waals surface area contributed by atoms with Crippen LogP contribution in [0.1, 0.15) is 18.0 Å². The van der Waals surface area contributed by atoms with Gasteiger partial charge in [0.05, 0.1) is 19.3 Å². The molecule has 2 N–H and O–H groups in total. The molecule has 0 bridgehead atoms. The van der Waals surface area contributed by atoms with Gasteiger partial charge in [-0.05, 0) is 5.56 Å². The highest BCUT2D eigenvalue weighted by atomic mass is 32.2. The molecule has 2 saturated heterocycles. The molecule has 0 aliphatic carbocycles. The van der Waals surface area contributed by atoms with Gasteiger partial charge < -0.3 is 15.4 Å². The topological polar surface area (TPSA) is 53.6 Å². The molecule has 5 nitrogen and oxygen atoms in total. The highest BCUT2D eigenvalue weighted by Gasteiger charge is 2.24. The summed E-state index contributed by atoms with van der Waals surface area (Å²) in [5.41, 5.74) is 1.26. The molecule has 0 radical (unpaired) electrons. The Morgan fingerprint density at radius 1 is 1.33 bits per heavy atom. The monoisotopic (exact) mass is 349 g/mol. The van der Waals surface area contributed by atoms with Gasteiger partial charge in [-0.15, -0.1) is 0 Å². The van der Waals surface area contributed by atoms with Gasteiger partial charge >= 0.3 is 0 Å². The molecule has 2 unspecified atom stereocenters. The SMILES string of the molecule is O=C(CC1CSCCN1)NCC(c1ccccc1)N1CCOCC1. The molecule has 0 saturated carbocycles. The summed E-state index contributed by atoms with van der Waals surface area (Å²) in [5, 5.41) is 6.58. The number of ether oxygens (including phenoxy) is 1. The van der Waals surface area contributed by atoms with E-state index in [0.717, 1.165) is 44.4 Å². The number of nitrogens with one attached hydrogen (secondary N) is 2. The second-order valence-electron chi connectivity index (χ2n) is 6.31. The summed E-state index contributed by atoms with van der Waals surface area (Å²) in [6.07, 6.45) is 0.567. The Balaban J connectivity index is 1.56. The lowest BCUT2D eigenvalue weighted by atomic mass is 10.0. The second kappa shape index (κ2) is 9.42. The third kappa shape index (κ3) is 5.21. The lowest BCUT2D eigenvalue weighted by Crippen LogP contribution is -2.45. The molecule has 132 valence electrons. The molecule has 2 atom stereocenters. The first-order valence-corrected chi connectivity index (χ1v) is 9.93. The molecule has 0 spiro atoms. The van der Waals surface area contributed by atoms with Gasteiger partial charge in [0.25, 0.3) is 0 Å². The van der Waals surface area contributed by atoms with Gasteiger partial charge in [-0.3, -0.25) is 9.69 Å². The first-order chi connectivity index (χ1) is 11.8. The molecule has 1 aromatic rings. The van der Waals surface area contributed by atoms with Crippen LogP contribution in [0.3, 0.4) is 0 Å². The van der Waals surface area contributed by atoms with Gasteiger partial charge in [-0.25, -0.2) is 0 Å². The summed E-state index contributed by atoms with van der Waals surface area (Å²) in [6, 6.07) is 11.0. The van der Waals surface area contributed by atoms with Crippen LogP contribution >= 0.6 is 11.8 Å². The van der Waals surface area contributed by atoms with Crippen LogP contribution in [-0.4, -0.2) is 67.7 Å². The van der Waals surface area contributed by atoms with E-state index < -0.39 is 0 Å². The normalized spacial score (nSPS) is 23.6. The second-order valence-corrected chi connectivity index (χ2v) is 7.46. The van der Waals surface area contributed by atoms with Gasteiger partial charge in [-0.2, -0.15) is 11.8 Å². The number of thioether (sulfide) groups is 1. The van der Waals surface area contributed by atoms with Crippen molar-refractivity contribution in [2.45, 2.75) is 18.5 Å². The van der Waals surface area contributed by atoms with E-state index in [-0.39, 0.29) is 11.9 Å². The quantitative estimate of drug-likeness (QED) is 0.810. The number of carbonyl (C=O) groups excluding carboxylic acids is 1. The Labute approximate surface area is 148 Å². The van der Waals surface area contributed by atoms with E-state index in [2.05, 4.69) is 39.8 Å². The van der Waals surface area contributed by atoms with Gasteiger partial charge in [0, 0.05) is 50.1 Å². The summed E-state index contributed by atoms with van der Waals surface area (Å²) in [7, 11) is 0. The van der Waals surface area contributed by atoms with Crippen LogP contribution in [0.15, 0.2) is 30.3 Å². The zero-order valence-corrected chi connectivity index (χ0v) is 14.9. The minimum absolute atomic E-state index is 0.143. The van der Waals surface area contributed by atoms with Crippen LogP contribution in [0.2, 0.25) is 0 Å². The van der Waals surface area contributed by atoms with E-state index in [1.807, 2.05) is 17.8 Å². The van der Waals surface area contributed by atoms with Crippen molar-refractivity contribution in [3.8, 4) is 0 Å². The molecule has 24 heavy (non-hydrogen) atoms. The molecule has 2 fully saturated rings. The molecule has 6 heteroatoms. The molecule has 3 rings (SSSR count). The largest absolute Gasteiger partial charge is 0.379 e. The summed E-state index contributed by atoms with van der Waals surface area (Å²) in [5.74, 6) is 2.31. The fourth-order valence-electron chi connectivity index (χ4n) is 3.28. The number of benzene rings is 1. The Kier molecular flexibility index (Phi) is 6.96. The van der Waals surface area contributed by atoms with Gasteiger partial charge in [-0.1, -0.05) is 30.3 Å². The number of rotatable bonds is 6. The average molecular weight is 350 g/mol. The van der Waals surface area contributed by atoms with Crippen molar-refractivity contribution in [3.63, 3.8) is 0 Å². The van der Waals surface area contributed by atoms with Crippen molar-refractivity contribution in [2.75, 3.05) is 50.9 Å². The molecule has 0 aromatic heterocycles. The van der Waals surface area contributed by atoms with Crippen LogP contribution in [0.5, 0.6) is 0 Å². The van der Waals surface area contributed by atoms with Crippen LogP contribution in [0.4, 0.5) is 0 Å². The third-order valence-corrected chi connectivity index (χ3v) is 5.72. The lowest BCUT2D eigenvalue weighted by molar-refractivity contribution is -0.121. The average Bonchev–Trinajstić information content (AvgIpc) is 2.64. The molecule has 1 aromatic carbocycles. The standard InChI is InChI=1S/C18H27N3O2S/c22-18(12-16-14-24-11-6-19-16)20-13-17(15-4-2-1-3-5-15)21-7-9-23-10-8-21/h1-5,16-17,19H,6-14H2,(H,20,22). The van der Waals surface area contributed by atoms with Crippen molar-refractivity contribution < 1.29 is 9.53 Å². The molecule has 2 aliphatic rings. The minimum atomic E-state index is 0.143. The zero-order chi connectivity index (χ0) is 16.6. The van der Waals surface area contributed by atoms with E-state index >= 15 is 0 Å². The smallest absolute Gasteiger partial charge is 0.221 e. The first-order valence-electron chi connectivity index (χ1n) is 8.77. The zero-order valence-electron chi connectivity index (χ0n) is 14.1. The number of amides is 1. The highest BCUT2D eigenvalue weighted by molar-refractivity contribution is 7.99. The number of hydrogen-bond donors (Lipinski definition) is 2. The fourth-order valence-corrected chi connectivity index (χ4v) is 4.23. The molecule has 2 aliphatic heterocycles. The lowest BCUT2D eigenvalue weighted by Gasteiger charge is -2.35. The molecular weight excluding hydrogens is 322 g/mol. The highest BCUT2D eigenvalue weighted by Crippen LogP contribution is 2.21. The predicted octanol–water partition coefficient (Wildman–Crippen LogP) is 1.27. The Bertz CT molecular complexity index is 502. The first kappa shape index (κ1) is 17.7. The molecule has 2 heterocycles. The van der Waals surface area contributed by atoms with Crippen LogP contribution in [0, 0.1) is 0 Å². The number of nitrogens with zero attached hydrogens (tertiary/aromatic N) is 1. The van der Waals surface area contributed by atoms with Crippen molar-refractivity contribution in [1.82, 2.24) is 15.5 Å². The maximum Gasteiger partial charge on any atom is 0.221 e. The van der Waals surface area contributed by atoms with Gasteiger partial charge in [0.15, 0.2) is 0 Å².